The van der Waals surface area contributed by atoms with Crippen molar-refractivity contribution in [3.05, 3.63) is 139 Å². The van der Waals surface area contributed by atoms with E-state index in [1.54, 1.807) is 0 Å². The second-order valence-electron chi connectivity index (χ2n) is 8.03. The van der Waals surface area contributed by atoms with Gasteiger partial charge in [0.15, 0.2) is 0 Å². The van der Waals surface area contributed by atoms with Gasteiger partial charge in [0.1, 0.15) is 0 Å². The highest BCUT2D eigenvalue weighted by Crippen LogP contribution is 2.57. The molecule has 6 rings (SSSR count). The van der Waals surface area contributed by atoms with Crippen molar-refractivity contribution in [2.75, 3.05) is 0 Å². The highest BCUT2D eigenvalue weighted by molar-refractivity contribution is 14.1. The molecule has 0 nitrogen and oxygen atoms in total. The van der Waals surface area contributed by atoms with Crippen LogP contribution >= 0.6 is 50.3 Å². The molecule has 0 N–H and O–H groups in total. The van der Waals surface area contributed by atoms with Crippen LogP contribution in [0.5, 0.6) is 0 Å². The normalized spacial score (nSPS) is 14.1. The predicted octanol–water partition coefficient (Wildman–Crippen LogP) is 9.05. The van der Waals surface area contributed by atoms with Crippen LogP contribution in [0.2, 0.25) is 0 Å². The van der Waals surface area contributed by atoms with Crippen molar-refractivity contribution < 1.29 is 0 Å². The number of benzene rings is 5. The molecular weight excluding hydrogens is 587 g/mol. The van der Waals surface area contributed by atoms with Crippen LogP contribution in [-0.4, -0.2) is 0 Å². The minimum absolute atomic E-state index is 0.414. The molecule has 0 aliphatic carbocycles. The molecule has 5 aromatic rings. The second-order valence-corrected chi connectivity index (χ2v) is 11.3. The van der Waals surface area contributed by atoms with Crippen molar-refractivity contribution in [1.29, 1.82) is 0 Å². The SMILES string of the molecule is Brc1cc(C2(c3cccc(I)c3)c3ccccc3Sc3ccccc32)c2ccccc2c1. The fourth-order valence-corrected chi connectivity index (χ4v) is 7.27. The van der Waals surface area contributed by atoms with E-state index in [1.807, 2.05) is 11.8 Å². The molecule has 0 saturated heterocycles. The largest absolute Gasteiger partial charge is 0.0894 e. The molecule has 0 amide bonds. The van der Waals surface area contributed by atoms with Crippen molar-refractivity contribution >= 4 is 61.1 Å². The second kappa shape index (κ2) is 8.05. The summed E-state index contributed by atoms with van der Waals surface area (Å²) in [6.45, 7) is 0. The average molecular weight is 605 g/mol. The monoisotopic (exact) mass is 604 g/mol. The van der Waals surface area contributed by atoms with Crippen LogP contribution in [0.1, 0.15) is 22.3 Å². The summed E-state index contributed by atoms with van der Waals surface area (Å²) in [6, 6.07) is 40.1. The maximum Gasteiger partial charge on any atom is 0.0730 e. The molecule has 0 bridgehead atoms. The summed E-state index contributed by atoms with van der Waals surface area (Å²) < 4.78 is 2.34. The summed E-state index contributed by atoms with van der Waals surface area (Å²) in [6.07, 6.45) is 0. The van der Waals surface area contributed by atoms with Gasteiger partial charge in [-0.3, -0.25) is 0 Å². The van der Waals surface area contributed by atoms with Gasteiger partial charge in [0.05, 0.1) is 5.41 Å². The van der Waals surface area contributed by atoms with Gasteiger partial charge >= 0.3 is 0 Å². The molecule has 0 saturated carbocycles. The van der Waals surface area contributed by atoms with Gasteiger partial charge in [0, 0.05) is 17.8 Å². The Morgan fingerprint density at radius 2 is 1.28 bits per heavy atom. The Kier molecular flexibility index (Phi) is 5.16. The highest BCUT2D eigenvalue weighted by atomic mass is 127. The number of hydrogen-bond donors (Lipinski definition) is 0. The number of rotatable bonds is 2. The van der Waals surface area contributed by atoms with Gasteiger partial charge in [-0.2, -0.15) is 0 Å². The molecule has 154 valence electrons. The van der Waals surface area contributed by atoms with Crippen molar-refractivity contribution in [3.63, 3.8) is 0 Å². The molecule has 5 aromatic carbocycles. The van der Waals surface area contributed by atoms with Gasteiger partial charge in [0.25, 0.3) is 0 Å². The molecule has 0 unspecified atom stereocenters. The van der Waals surface area contributed by atoms with Gasteiger partial charge < -0.3 is 0 Å². The first-order chi connectivity index (χ1) is 15.7. The average Bonchev–Trinajstić information content (AvgIpc) is 2.82. The van der Waals surface area contributed by atoms with E-state index in [1.165, 1.54) is 46.4 Å². The highest BCUT2D eigenvalue weighted by Gasteiger charge is 2.45. The summed E-state index contributed by atoms with van der Waals surface area (Å²) in [5, 5.41) is 2.53. The smallest absolute Gasteiger partial charge is 0.0730 e. The summed E-state index contributed by atoms with van der Waals surface area (Å²) in [7, 11) is 0. The quantitative estimate of drug-likeness (QED) is 0.178. The Morgan fingerprint density at radius 1 is 0.625 bits per heavy atom. The third kappa shape index (κ3) is 3.09. The summed E-state index contributed by atoms with van der Waals surface area (Å²) in [4.78, 5) is 2.63. The number of hydrogen-bond acceptors (Lipinski definition) is 1. The molecule has 3 heteroatoms. The van der Waals surface area contributed by atoms with E-state index in [0.29, 0.717) is 0 Å². The molecule has 32 heavy (non-hydrogen) atoms. The van der Waals surface area contributed by atoms with Gasteiger partial charge in [-0.05, 0) is 92.0 Å². The molecule has 0 fully saturated rings. The molecule has 0 radical (unpaired) electrons. The molecule has 0 atom stereocenters. The third-order valence-corrected chi connectivity index (χ3v) is 8.57. The topological polar surface area (TPSA) is 0 Å². The number of fused-ring (bicyclic) bond motifs is 3. The zero-order valence-corrected chi connectivity index (χ0v) is 21.6. The van der Waals surface area contributed by atoms with Crippen LogP contribution in [0, 0.1) is 3.57 Å². The van der Waals surface area contributed by atoms with Crippen molar-refractivity contribution in [1.82, 2.24) is 0 Å². The van der Waals surface area contributed by atoms with E-state index in [4.69, 9.17) is 0 Å². The fraction of sp³-hybridized carbons (Fsp3) is 0.0345. The van der Waals surface area contributed by atoms with Crippen molar-refractivity contribution in [3.8, 4) is 0 Å². The Hall–Kier alpha value is -2.08. The summed E-state index contributed by atoms with van der Waals surface area (Å²) in [5.41, 5.74) is 4.88. The molecule has 1 aliphatic rings. The lowest BCUT2D eigenvalue weighted by Gasteiger charge is -2.42. The van der Waals surface area contributed by atoms with Crippen LogP contribution in [0.25, 0.3) is 10.8 Å². The van der Waals surface area contributed by atoms with Gasteiger partial charge in [-0.15, -0.1) is 0 Å². The van der Waals surface area contributed by atoms with E-state index in [9.17, 15) is 0 Å². The van der Waals surface area contributed by atoms with Gasteiger partial charge in [0.2, 0.25) is 0 Å². The standard InChI is InChI=1S/C29H18BrIS/c30-21-16-19-8-1-2-11-23(19)26(18-21)29(20-9-7-10-22(31)17-20)24-12-3-5-14-27(24)32-28-15-6-4-13-25(28)29/h1-18H. The lowest BCUT2D eigenvalue weighted by atomic mass is 9.64. The Morgan fingerprint density at radius 3 is 2.00 bits per heavy atom. The predicted molar refractivity (Wildman–Crippen MR) is 147 cm³/mol. The van der Waals surface area contributed by atoms with E-state index in [0.717, 1.165) is 4.47 Å². The Labute approximate surface area is 214 Å². The Bertz CT molecular complexity index is 1440. The maximum absolute atomic E-state index is 3.83. The van der Waals surface area contributed by atoms with E-state index < -0.39 is 5.41 Å². The molecule has 1 heterocycles. The van der Waals surface area contributed by atoms with E-state index >= 15 is 0 Å². The van der Waals surface area contributed by atoms with E-state index in [-0.39, 0.29) is 0 Å². The van der Waals surface area contributed by atoms with Crippen LogP contribution < -0.4 is 0 Å². The first-order valence-corrected chi connectivity index (χ1v) is 13.2. The zero-order chi connectivity index (χ0) is 21.7. The number of halogens is 2. The molecule has 0 aromatic heterocycles. The zero-order valence-electron chi connectivity index (χ0n) is 17.1. The molecule has 1 aliphatic heterocycles. The van der Waals surface area contributed by atoms with Crippen LogP contribution in [-0.2, 0) is 5.41 Å². The summed E-state index contributed by atoms with van der Waals surface area (Å²) >= 11 is 8.15. The summed E-state index contributed by atoms with van der Waals surface area (Å²) in [5.74, 6) is 0. The molecule has 0 spiro atoms. The minimum atomic E-state index is -0.414. The van der Waals surface area contributed by atoms with Crippen molar-refractivity contribution in [2.45, 2.75) is 15.2 Å². The van der Waals surface area contributed by atoms with Crippen LogP contribution in [0.3, 0.4) is 0 Å². The molecular formula is C29H18BrIS. The van der Waals surface area contributed by atoms with E-state index in [2.05, 4.69) is 148 Å². The van der Waals surface area contributed by atoms with Gasteiger partial charge in [-0.25, -0.2) is 0 Å². The van der Waals surface area contributed by atoms with Crippen LogP contribution in [0.15, 0.2) is 123 Å². The first kappa shape index (κ1) is 20.5. The maximum atomic E-state index is 3.83. The van der Waals surface area contributed by atoms with Crippen LogP contribution in [0.4, 0.5) is 0 Å². The fourth-order valence-electron chi connectivity index (χ4n) is 5.06. The van der Waals surface area contributed by atoms with Gasteiger partial charge in [-0.1, -0.05) is 100 Å². The first-order valence-electron chi connectivity index (χ1n) is 10.5. The minimum Gasteiger partial charge on any atom is -0.0894 e. The third-order valence-electron chi connectivity index (χ3n) is 6.29. The lowest BCUT2D eigenvalue weighted by molar-refractivity contribution is 0.708. The lowest BCUT2D eigenvalue weighted by Crippen LogP contribution is -2.34. The van der Waals surface area contributed by atoms with Crippen molar-refractivity contribution in [2.24, 2.45) is 0 Å². The Balaban J connectivity index is 1.87.